The summed E-state index contributed by atoms with van der Waals surface area (Å²) in [5, 5.41) is 0. The summed E-state index contributed by atoms with van der Waals surface area (Å²) in [4.78, 5) is 11.6. The fourth-order valence-corrected chi connectivity index (χ4v) is 2.13. The first kappa shape index (κ1) is 11.1. The molecule has 0 spiro atoms. The first-order chi connectivity index (χ1) is 7.70. The summed E-state index contributed by atoms with van der Waals surface area (Å²) in [6.45, 7) is 2.22. The molecule has 3 heteroatoms. The van der Waals surface area contributed by atoms with E-state index >= 15 is 0 Å². The number of carbonyl (C=O) groups is 1. The van der Waals surface area contributed by atoms with Crippen LogP contribution in [0.5, 0.6) is 0 Å². The first-order valence-corrected chi connectivity index (χ1v) is 5.75. The van der Waals surface area contributed by atoms with Crippen LogP contribution in [0.2, 0.25) is 0 Å². The second-order valence-corrected chi connectivity index (χ2v) is 4.21. The van der Waals surface area contributed by atoms with Crippen molar-refractivity contribution in [2.45, 2.75) is 32.2 Å². The molecule has 0 heterocycles. The van der Waals surface area contributed by atoms with Gasteiger partial charge in [-0.2, -0.15) is 0 Å². The van der Waals surface area contributed by atoms with Gasteiger partial charge in [0.25, 0.3) is 0 Å². The maximum atomic E-state index is 11.6. The lowest BCUT2D eigenvalue weighted by Gasteiger charge is -2.21. The van der Waals surface area contributed by atoms with Gasteiger partial charge in [0.2, 0.25) is 0 Å². The molecular formula is C13H17NO2. The smallest absolute Gasteiger partial charge is 0.338 e. The third kappa shape index (κ3) is 2.25. The maximum Gasteiger partial charge on any atom is 0.338 e. The van der Waals surface area contributed by atoms with Crippen molar-refractivity contribution < 1.29 is 9.53 Å². The van der Waals surface area contributed by atoms with Gasteiger partial charge in [-0.15, -0.1) is 0 Å². The monoisotopic (exact) mass is 219 g/mol. The molecule has 3 nitrogen and oxygen atoms in total. The summed E-state index contributed by atoms with van der Waals surface area (Å²) in [7, 11) is 0. The van der Waals surface area contributed by atoms with Gasteiger partial charge >= 0.3 is 5.97 Å². The van der Waals surface area contributed by atoms with Crippen LogP contribution in [-0.4, -0.2) is 18.6 Å². The molecule has 0 saturated carbocycles. The summed E-state index contributed by atoms with van der Waals surface area (Å²) >= 11 is 0. The van der Waals surface area contributed by atoms with Crippen molar-refractivity contribution in [2.24, 2.45) is 5.73 Å². The molecule has 2 N–H and O–H groups in total. The minimum Gasteiger partial charge on any atom is -0.462 e. The SMILES string of the molecule is CCOC(=O)c1ccc2c(c1)CC(N)CC2. The van der Waals surface area contributed by atoms with Gasteiger partial charge in [0.15, 0.2) is 0 Å². The average molecular weight is 219 g/mol. The number of benzene rings is 1. The summed E-state index contributed by atoms with van der Waals surface area (Å²) in [5.74, 6) is -0.246. The number of hydrogen-bond acceptors (Lipinski definition) is 3. The standard InChI is InChI=1S/C13H17NO2/c1-2-16-13(15)10-4-3-9-5-6-12(14)8-11(9)7-10/h3-4,7,12H,2,5-6,8,14H2,1H3. The van der Waals surface area contributed by atoms with E-state index in [1.807, 2.05) is 25.1 Å². The van der Waals surface area contributed by atoms with Crippen LogP contribution in [0.1, 0.15) is 34.8 Å². The molecule has 16 heavy (non-hydrogen) atoms. The zero-order valence-corrected chi connectivity index (χ0v) is 9.53. The molecule has 2 rings (SSSR count). The van der Waals surface area contributed by atoms with Gasteiger partial charge < -0.3 is 10.5 Å². The molecule has 0 aromatic heterocycles. The number of aryl methyl sites for hydroxylation is 1. The number of hydrogen-bond donors (Lipinski definition) is 1. The molecule has 0 radical (unpaired) electrons. The minimum absolute atomic E-state index is 0.227. The summed E-state index contributed by atoms with van der Waals surface area (Å²) < 4.78 is 4.98. The van der Waals surface area contributed by atoms with Crippen molar-refractivity contribution in [2.75, 3.05) is 6.61 Å². The van der Waals surface area contributed by atoms with Crippen LogP contribution in [0.4, 0.5) is 0 Å². The van der Waals surface area contributed by atoms with Crippen molar-refractivity contribution in [1.29, 1.82) is 0 Å². The first-order valence-electron chi connectivity index (χ1n) is 5.75. The van der Waals surface area contributed by atoms with E-state index in [9.17, 15) is 4.79 Å². The highest BCUT2D eigenvalue weighted by atomic mass is 16.5. The van der Waals surface area contributed by atoms with Crippen LogP contribution in [-0.2, 0) is 17.6 Å². The van der Waals surface area contributed by atoms with E-state index in [2.05, 4.69) is 0 Å². The highest BCUT2D eigenvalue weighted by Crippen LogP contribution is 2.22. The molecule has 0 aliphatic heterocycles. The normalized spacial score (nSPS) is 19.0. The molecule has 0 bridgehead atoms. The largest absolute Gasteiger partial charge is 0.462 e. The Morgan fingerprint density at radius 1 is 1.50 bits per heavy atom. The molecule has 0 fully saturated rings. The molecule has 1 unspecified atom stereocenters. The fourth-order valence-electron chi connectivity index (χ4n) is 2.13. The summed E-state index contributed by atoms with van der Waals surface area (Å²) in [5.41, 5.74) is 9.07. The van der Waals surface area contributed by atoms with E-state index < -0.39 is 0 Å². The predicted octanol–water partition coefficient (Wildman–Crippen LogP) is 1.68. The molecule has 1 aromatic carbocycles. The molecule has 86 valence electrons. The third-order valence-electron chi connectivity index (χ3n) is 2.98. The van der Waals surface area contributed by atoms with Gasteiger partial charge in [0.1, 0.15) is 0 Å². The van der Waals surface area contributed by atoms with Gasteiger partial charge in [0.05, 0.1) is 12.2 Å². The van der Waals surface area contributed by atoms with Crippen LogP contribution in [0.25, 0.3) is 0 Å². The van der Waals surface area contributed by atoms with Crippen molar-refractivity contribution >= 4 is 5.97 Å². The number of esters is 1. The van der Waals surface area contributed by atoms with Gasteiger partial charge in [-0.1, -0.05) is 6.07 Å². The highest BCUT2D eigenvalue weighted by Gasteiger charge is 2.17. The molecule has 1 aliphatic carbocycles. The average Bonchev–Trinajstić information content (AvgIpc) is 2.28. The number of carbonyl (C=O) groups excluding carboxylic acids is 1. The van der Waals surface area contributed by atoms with Gasteiger partial charge in [-0.05, 0) is 49.4 Å². The van der Waals surface area contributed by atoms with Crippen molar-refractivity contribution in [3.8, 4) is 0 Å². The molecule has 1 aliphatic rings. The molecule has 1 atom stereocenters. The lowest BCUT2D eigenvalue weighted by molar-refractivity contribution is 0.0526. The third-order valence-corrected chi connectivity index (χ3v) is 2.98. The van der Waals surface area contributed by atoms with Crippen LogP contribution in [0.3, 0.4) is 0 Å². The zero-order chi connectivity index (χ0) is 11.5. The number of fused-ring (bicyclic) bond motifs is 1. The predicted molar refractivity (Wildman–Crippen MR) is 62.4 cm³/mol. The maximum absolute atomic E-state index is 11.6. The van der Waals surface area contributed by atoms with Crippen molar-refractivity contribution in [1.82, 2.24) is 0 Å². The number of nitrogens with two attached hydrogens (primary N) is 1. The Kier molecular flexibility index (Phi) is 3.25. The molecule has 1 aromatic rings. The van der Waals surface area contributed by atoms with Crippen molar-refractivity contribution in [3.63, 3.8) is 0 Å². The molecular weight excluding hydrogens is 202 g/mol. The fraction of sp³-hybridized carbons (Fsp3) is 0.462. The Hall–Kier alpha value is -1.35. The van der Waals surface area contributed by atoms with Crippen molar-refractivity contribution in [3.05, 3.63) is 34.9 Å². The minimum atomic E-state index is -0.246. The second-order valence-electron chi connectivity index (χ2n) is 4.21. The summed E-state index contributed by atoms with van der Waals surface area (Å²) in [6, 6.07) is 6.01. The van der Waals surface area contributed by atoms with Gasteiger partial charge in [-0.25, -0.2) is 4.79 Å². The zero-order valence-electron chi connectivity index (χ0n) is 9.53. The van der Waals surface area contributed by atoms with Crippen LogP contribution >= 0.6 is 0 Å². The highest BCUT2D eigenvalue weighted by molar-refractivity contribution is 5.89. The van der Waals surface area contributed by atoms with Crippen LogP contribution in [0.15, 0.2) is 18.2 Å². The Morgan fingerprint density at radius 2 is 2.31 bits per heavy atom. The van der Waals surface area contributed by atoms with E-state index in [1.165, 1.54) is 11.1 Å². The van der Waals surface area contributed by atoms with Gasteiger partial charge in [-0.3, -0.25) is 0 Å². The van der Waals surface area contributed by atoms with E-state index in [-0.39, 0.29) is 12.0 Å². The number of rotatable bonds is 2. The quantitative estimate of drug-likeness (QED) is 0.770. The Labute approximate surface area is 95.6 Å². The Bertz CT molecular complexity index is 401. The second kappa shape index (κ2) is 4.66. The number of ether oxygens (including phenoxy) is 1. The Balaban J connectivity index is 2.24. The summed E-state index contributed by atoms with van der Waals surface area (Å²) in [6.07, 6.45) is 2.91. The van der Waals surface area contributed by atoms with E-state index in [0.29, 0.717) is 12.2 Å². The lowest BCUT2D eigenvalue weighted by Crippen LogP contribution is -2.28. The van der Waals surface area contributed by atoms with E-state index in [1.54, 1.807) is 0 Å². The van der Waals surface area contributed by atoms with E-state index in [0.717, 1.165) is 19.3 Å². The topological polar surface area (TPSA) is 52.3 Å². The lowest BCUT2D eigenvalue weighted by atomic mass is 9.88. The van der Waals surface area contributed by atoms with Crippen LogP contribution < -0.4 is 5.73 Å². The van der Waals surface area contributed by atoms with Crippen LogP contribution in [0, 0.1) is 0 Å². The van der Waals surface area contributed by atoms with Gasteiger partial charge in [0, 0.05) is 6.04 Å². The molecule has 0 amide bonds. The molecule has 0 saturated heterocycles. The van der Waals surface area contributed by atoms with E-state index in [4.69, 9.17) is 10.5 Å². The Morgan fingerprint density at radius 3 is 3.06 bits per heavy atom.